The molecule has 9 rings (SSSR count). The van der Waals surface area contributed by atoms with Crippen LogP contribution in [0.5, 0.6) is 0 Å². The van der Waals surface area contributed by atoms with Gasteiger partial charge in [0.05, 0.1) is 36.3 Å². The fourth-order valence-corrected chi connectivity index (χ4v) is 10.0. The summed E-state index contributed by atoms with van der Waals surface area (Å²) >= 11 is 0. The van der Waals surface area contributed by atoms with E-state index in [0.717, 1.165) is 86.0 Å². The van der Waals surface area contributed by atoms with Crippen LogP contribution in [0.4, 0.5) is 19.1 Å². The summed E-state index contributed by atoms with van der Waals surface area (Å²) in [6.45, 7) is 6.91. The zero-order valence-corrected chi connectivity index (χ0v) is 35.8. The second kappa shape index (κ2) is 17.8. The van der Waals surface area contributed by atoms with Gasteiger partial charge in [0.1, 0.15) is 11.7 Å². The molecule has 5 heterocycles. The number of amides is 2. The zero-order chi connectivity index (χ0) is 44.0. The van der Waals surface area contributed by atoms with Crippen LogP contribution < -0.4 is 16.3 Å². The lowest BCUT2D eigenvalue weighted by atomic mass is 9.87. The quantitative estimate of drug-likeness (QED) is 0.123. The number of carbonyl (C=O) groups is 2. The fraction of sp³-hybridized carbons (Fsp3) is 0.543. The number of ether oxygens (including phenoxy) is 1. The molecule has 2 aliphatic carbocycles. The largest absolute Gasteiger partial charge is 0.393 e. The van der Waals surface area contributed by atoms with Crippen molar-refractivity contribution in [2.24, 2.45) is 7.05 Å². The molecule has 0 radical (unpaired) electrons. The van der Waals surface area contributed by atoms with Crippen LogP contribution in [-0.2, 0) is 34.3 Å². The number of alkyl halides is 3. The third-order valence-electron chi connectivity index (χ3n) is 13.6. The van der Waals surface area contributed by atoms with Gasteiger partial charge in [0.15, 0.2) is 0 Å². The van der Waals surface area contributed by atoms with Gasteiger partial charge >= 0.3 is 11.9 Å². The monoisotopic (exact) mass is 871 g/mol. The van der Waals surface area contributed by atoms with E-state index in [9.17, 15) is 32.7 Å². The Hall–Kier alpha value is -5.10. The highest BCUT2D eigenvalue weighted by atomic mass is 19.4. The van der Waals surface area contributed by atoms with Crippen LogP contribution in [0, 0.1) is 0 Å². The highest BCUT2D eigenvalue weighted by Crippen LogP contribution is 2.37. The molecule has 3 N–H and O–H groups in total. The topological polar surface area (TPSA) is 152 Å². The van der Waals surface area contributed by atoms with Crippen LogP contribution in [0.25, 0.3) is 33.2 Å². The summed E-state index contributed by atoms with van der Waals surface area (Å²) in [5.74, 6) is -0.578. The number of aryl methyl sites for hydroxylation is 1. The number of aliphatic hydroxyl groups is 1. The molecule has 2 aromatic carbocycles. The molecule has 63 heavy (non-hydrogen) atoms. The van der Waals surface area contributed by atoms with Crippen LogP contribution in [-0.4, -0.2) is 114 Å². The number of rotatable bonds is 13. The molecule has 5 aromatic rings. The number of benzene rings is 2. The lowest BCUT2D eigenvalue weighted by molar-refractivity contribution is -0.137. The molecular formula is C46H56F3N9O5. The van der Waals surface area contributed by atoms with E-state index in [4.69, 9.17) is 9.72 Å². The van der Waals surface area contributed by atoms with Gasteiger partial charge in [-0.15, -0.1) is 0 Å². The van der Waals surface area contributed by atoms with Gasteiger partial charge < -0.3 is 19.7 Å². The minimum atomic E-state index is -4.29. The molecule has 2 amide bonds. The average Bonchev–Trinajstić information content (AvgIpc) is 3.72. The maximum atomic E-state index is 13.1. The molecule has 2 atom stereocenters. The van der Waals surface area contributed by atoms with Gasteiger partial charge in [-0.25, -0.2) is 9.78 Å². The maximum Gasteiger partial charge on any atom is 0.391 e. The van der Waals surface area contributed by atoms with E-state index in [0.29, 0.717) is 49.5 Å². The summed E-state index contributed by atoms with van der Waals surface area (Å²) in [6.07, 6.45) is 4.67. The molecule has 2 saturated carbocycles. The van der Waals surface area contributed by atoms with Gasteiger partial charge in [-0.1, -0.05) is 30.3 Å². The summed E-state index contributed by atoms with van der Waals surface area (Å²) in [5, 5.41) is 16.2. The van der Waals surface area contributed by atoms with E-state index < -0.39 is 30.6 Å². The van der Waals surface area contributed by atoms with Crippen molar-refractivity contribution in [2.45, 2.75) is 120 Å². The normalized spacial score (nSPS) is 24.4. The van der Waals surface area contributed by atoms with Gasteiger partial charge in [-0.3, -0.25) is 33.8 Å². The Morgan fingerprint density at radius 1 is 0.937 bits per heavy atom. The number of nitrogens with zero attached hydrogens (tertiary/aromatic N) is 7. The molecule has 1 unspecified atom stereocenters. The predicted molar refractivity (Wildman–Crippen MR) is 232 cm³/mol. The molecule has 14 nitrogen and oxygen atoms in total. The molecule has 336 valence electrons. The molecule has 3 aromatic heterocycles. The Balaban J connectivity index is 0.753. The number of nitrogens with one attached hydrogen (secondary N) is 2. The minimum Gasteiger partial charge on any atom is -0.393 e. The van der Waals surface area contributed by atoms with Crippen LogP contribution in [0.2, 0.25) is 0 Å². The number of hydrogen-bond acceptors (Lipinski definition) is 10. The first-order valence-corrected chi connectivity index (χ1v) is 22.4. The van der Waals surface area contributed by atoms with Crippen molar-refractivity contribution in [3.8, 4) is 11.1 Å². The van der Waals surface area contributed by atoms with Gasteiger partial charge in [-0.2, -0.15) is 18.2 Å². The summed E-state index contributed by atoms with van der Waals surface area (Å²) in [6, 6.07) is 13.5. The van der Waals surface area contributed by atoms with Crippen molar-refractivity contribution in [1.29, 1.82) is 0 Å². The van der Waals surface area contributed by atoms with E-state index in [2.05, 4.69) is 60.4 Å². The lowest BCUT2D eigenvalue weighted by Crippen LogP contribution is -2.55. The van der Waals surface area contributed by atoms with Gasteiger partial charge in [-0.05, 0) is 87.1 Å². The second-order valence-corrected chi connectivity index (χ2v) is 18.1. The van der Waals surface area contributed by atoms with Crippen molar-refractivity contribution in [3.05, 3.63) is 76.5 Å². The molecule has 17 heteroatoms. The summed E-state index contributed by atoms with van der Waals surface area (Å²) in [7, 11) is 1.71. The van der Waals surface area contributed by atoms with Crippen molar-refractivity contribution >= 4 is 39.8 Å². The van der Waals surface area contributed by atoms with E-state index in [1.54, 1.807) is 17.8 Å². The fourth-order valence-electron chi connectivity index (χ4n) is 10.0. The van der Waals surface area contributed by atoms with E-state index in [1.807, 2.05) is 18.2 Å². The van der Waals surface area contributed by atoms with Gasteiger partial charge in [0, 0.05) is 87.7 Å². The molecular weight excluding hydrogens is 816 g/mol. The van der Waals surface area contributed by atoms with Crippen LogP contribution >= 0.6 is 0 Å². The summed E-state index contributed by atoms with van der Waals surface area (Å²) < 4.78 is 50.6. The van der Waals surface area contributed by atoms with Gasteiger partial charge in [0.2, 0.25) is 17.8 Å². The number of anilines is 1. The average molecular weight is 872 g/mol. The number of halogens is 3. The van der Waals surface area contributed by atoms with Crippen LogP contribution in [0.15, 0.2) is 59.7 Å². The number of aliphatic hydroxyl groups excluding tert-OH is 1. The molecule has 0 spiro atoms. The van der Waals surface area contributed by atoms with Crippen LogP contribution in [0.3, 0.4) is 0 Å². The van der Waals surface area contributed by atoms with Crippen molar-refractivity contribution in [1.82, 2.24) is 38.8 Å². The second-order valence-electron chi connectivity index (χ2n) is 18.1. The Bertz CT molecular complexity index is 2510. The number of piperazine rings is 1. The highest BCUT2D eigenvalue weighted by molar-refractivity contribution is 6.00. The first-order valence-electron chi connectivity index (χ1n) is 22.4. The third kappa shape index (κ3) is 9.42. The first-order chi connectivity index (χ1) is 30.3. The van der Waals surface area contributed by atoms with Crippen LogP contribution in [0.1, 0.15) is 87.9 Å². The standard InChI is InChI=1S/C46H56F3N9O5/c1-28(24-46(47,48)49)51-44-50-25-36-37(27-57(42(36)53-44)32-8-10-34(59)11-9-32)31-6-3-30(4-7-31)26-55-16-18-56(19-17-55)33-22-35(23-33)63-20-15-29-5-12-38-40(21-29)54(2)45(62)58(38)39-13-14-41(60)52-43(39)61/h3-7,12,21,25,27-28,32-35,39,59H,8-11,13-20,22-24,26H2,1-2H3,(H,50,51,53)(H,52,60,61)/t28-,32-,33?,34-,35?,39?/m0/s1. The van der Waals surface area contributed by atoms with Gasteiger partial charge in [0.25, 0.3) is 0 Å². The van der Waals surface area contributed by atoms with Crippen molar-refractivity contribution in [2.75, 3.05) is 38.1 Å². The molecule has 4 aliphatic rings. The maximum absolute atomic E-state index is 13.1. The Morgan fingerprint density at radius 3 is 2.38 bits per heavy atom. The first kappa shape index (κ1) is 43.2. The summed E-state index contributed by atoms with van der Waals surface area (Å²) in [4.78, 5) is 51.6. The molecule has 2 saturated heterocycles. The number of fused-ring (bicyclic) bond motifs is 2. The number of piperidine rings is 1. The molecule has 0 bridgehead atoms. The number of imide groups is 1. The Morgan fingerprint density at radius 2 is 1.67 bits per heavy atom. The highest BCUT2D eigenvalue weighted by Gasteiger charge is 2.36. The molecule has 2 aliphatic heterocycles. The van der Waals surface area contributed by atoms with E-state index >= 15 is 0 Å². The Kier molecular flexibility index (Phi) is 12.2. The predicted octanol–water partition coefficient (Wildman–Crippen LogP) is 5.87. The number of carbonyl (C=O) groups excluding carboxylic acids is 2. The smallest absolute Gasteiger partial charge is 0.391 e. The summed E-state index contributed by atoms with van der Waals surface area (Å²) in [5.41, 5.74) is 6.13. The Labute approximate surface area is 363 Å². The lowest BCUT2D eigenvalue weighted by Gasteiger charge is -2.46. The SMILES string of the molecule is C[C@@H](CC(F)(F)F)Nc1ncc2c(-c3ccc(CN4CCN(C5CC(OCCc6ccc7c(c6)n(C)c(=O)n7C6CCC(=O)NC6=O)C5)CC4)cc3)cn([C@H]3CC[C@H](O)CC3)c2n1. The third-order valence-corrected chi connectivity index (χ3v) is 13.6. The molecule has 4 fully saturated rings. The van der Waals surface area contributed by atoms with E-state index in [1.165, 1.54) is 17.1 Å². The van der Waals surface area contributed by atoms with Crippen molar-refractivity contribution in [3.63, 3.8) is 0 Å². The number of hydrogen-bond donors (Lipinski definition) is 3. The number of aromatic nitrogens is 5. The van der Waals surface area contributed by atoms with E-state index in [-0.39, 0.29) is 42.2 Å². The minimum absolute atomic E-state index is 0.124. The number of imidazole rings is 1. The zero-order valence-electron chi connectivity index (χ0n) is 35.8. The van der Waals surface area contributed by atoms with Crippen molar-refractivity contribution < 1.29 is 32.6 Å².